The van der Waals surface area contributed by atoms with Crippen LogP contribution >= 0.6 is 0 Å². The molecule has 0 amide bonds. The first kappa shape index (κ1) is 15.1. The van der Waals surface area contributed by atoms with Crippen LogP contribution in [0, 0.1) is 5.41 Å². The SMILES string of the molecule is CC1(C)CCCCC1Nc1ccc(S(N)(=O)=O)cc1N. The summed E-state index contributed by atoms with van der Waals surface area (Å²) >= 11 is 0. The van der Waals surface area contributed by atoms with Gasteiger partial charge in [-0.25, -0.2) is 13.6 Å². The van der Waals surface area contributed by atoms with Crippen molar-refractivity contribution in [1.82, 2.24) is 0 Å². The van der Waals surface area contributed by atoms with E-state index in [2.05, 4.69) is 19.2 Å². The van der Waals surface area contributed by atoms with Crippen LogP contribution in [-0.4, -0.2) is 14.5 Å². The molecule has 1 atom stereocenters. The van der Waals surface area contributed by atoms with Crippen LogP contribution in [0.4, 0.5) is 11.4 Å². The molecule has 0 aromatic heterocycles. The number of primary sulfonamides is 1. The molecule has 1 aliphatic rings. The van der Waals surface area contributed by atoms with E-state index in [1.807, 2.05) is 0 Å². The van der Waals surface area contributed by atoms with Gasteiger partial charge in [0.15, 0.2) is 0 Å². The van der Waals surface area contributed by atoms with Crippen LogP contribution in [0.15, 0.2) is 23.1 Å². The van der Waals surface area contributed by atoms with Crippen molar-refractivity contribution in [3.05, 3.63) is 18.2 Å². The van der Waals surface area contributed by atoms with Gasteiger partial charge in [0.25, 0.3) is 0 Å². The predicted octanol–water partition coefficient (Wildman–Crippen LogP) is 2.30. The third-order valence-electron chi connectivity index (χ3n) is 4.19. The van der Waals surface area contributed by atoms with Gasteiger partial charge < -0.3 is 11.1 Å². The molecule has 0 radical (unpaired) electrons. The van der Waals surface area contributed by atoms with Crippen molar-refractivity contribution in [3.8, 4) is 0 Å². The number of hydrogen-bond acceptors (Lipinski definition) is 4. The topological polar surface area (TPSA) is 98.2 Å². The molecular formula is C14H23N3O2S. The lowest BCUT2D eigenvalue weighted by atomic mass is 9.73. The largest absolute Gasteiger partial charge is 0.397 e. The fraction of sp³-hybridized carbons (Fsp3) is 0.571. The molecular weight excluding hydrogens is 274 g/mol. The zero-order valence-electron chi connectivity index (χ0n) is 12.0. The summed E-state index contributed by atoms with van der Waals surface area (Å²) in [6.07, 6.45) is 4.74. The Morgan fingerprint density at radius 3 is 2.55 bits per heavy atom. The quantitative estimate of drug-likeness (QED) is 0.745. The van der Waals surface area contributed by atoms with Gasteiger partial charge in [-0.15, -0.1) is 0 Å². The third kappa shape index (κ3) is 3.24. The fourth-order valence-corrected chi connectivity index (χ4v) is 3.35. The highest BCUT2D eigenvalue weighted by atomic mass is 32.2. The van der Waals surface area contributed by atoms with Crippen molar-refractivity contribution in [2.75, 3.05) is 11.1 Å². The average molecular weight is 297 g/mol. The Bertz CT molecular complexity index is 596. The maximum atomic E-state index is 11.3. The van der Waals surface area contributed by atoms with E-state index in [1.165, 1.54) is 31.4 Å². The maximum Gasteiger partial charge on any atom is 0.238 e. The van der Waals surface area contributed by atoms with Crippen LogP contribution < -0.4 is 16.2 Å². The van der Waals surface area contributed by atoms with E-state index in [0.717, 1.165) is 12.1 Å². The number of benzene rings is 1. The standard InChI is InChI=1S/C14H23N3O2S/c1-14(2)8-4-3-5-13(14)17-12-7-6-10(9-11(12)15)20(16,18)19/h6-7,9,13,17H,3-5,8,15H2,1-2H3,(H2,16,18,19). The number of nitrogens with two attached hydrogens (primary N) is 2. The van der Waals surface area contributed by atoms with Crippen molar-refractivity contribution in [2.45, 2.75) is 50.5 Å². The van der Waals surface area contributed by atoms with E-state index in [9.17, 15) is 8.42 Å². The van der Waals surface area contributed by atoms with Gasteiger partial charge >= 0.3 is 0 Å². The molecule has 20 heavy (non-hydrogen) atoms. The molecule has 5 nitrogen and oxygen atoms in total. The molecule has 1 aromatic rings. The summed E-state index contributed by atoms with van der Waals surface area (Å²) in [5, 5.41) is 8.56. The Kier molecular flexibility index (Phi) is 3.97. The van der Waals surface area contributed by atoms with E-state index >= 15 is 0 Å². The van der Waals surface area contributed by atoms with Gasteiger partial charge in [-0.05, 0) is 36.5 Å². The van der Waals surface area contributed by atoms with E-state index in [0.29, 0.717) is 11.7 Å². The number of nitrogens with one attached hydrogen (secondary N) is 1. The van der Waals surface area contributed by atoms with Crippen LogP contribution in [0.2, 0.25) is 0 Å². The number of anilines is 2. The molecule has 0 heterocycles. The average Bonchev–Trinajstić information content (AvgIpc) is 2.32. The first-order valence-electron chi connectivity index (χ1n) is 6.89. The highest BCUT2D eigenvalue weighted by Crippen LogP contribution is 2.38. The van der Waals surface area contributed by atoms with Crippen LogP contribution in [0.5, 0.6) is 0 Å². The third-order valence-corrected chi connectivity index (χ3v) is 5.10. The Morgan fingerprint density at radius 1 is 1.30 bits per heavy atom. The second kappa shape index (κ2) is 5.26. The molecule has 1 fully saturated rings. The molecule has 5 N–H and O–H groups in total. The molecule has 2 rings (SSSR count). The summed E-state index contributed by atoms with van der Waals surface area (Å²) in [7, 11) is -3.71. The first-order chi connectivity index (χ1) is 9.20. The number of sulfonamides is 1. The summed E-state index contributed by atoms with van der Waals surface area (Å²) in [6.45, 7) is 4.50. The summed E-state index contributed by atoms with van der Waals surface area (Å²) < 4.78 is 22.6. The first-order valence-corrected chi connectivity index (χ1v) is 8.44. The van der Waals surface area contributed by atoms with E-state index < -0.39 is 10.0 Å². The smallest absolute Gasteiger partial charge is 0.238 e. The van der Waals surface area contributed by atoms with Crippen LogP contribution in [-0.2, 0) is 10.0 Å². The molecule has 0 bridgehead atoms. The van der Waals surface area contributed by atoms with Crippen molar-refractivity contribution < 1.29 is 8.42 Å². The van der Waals surface area contributed by atoms with E-state index in [-0.39, 0.29) is 10.3 Å². The summed E-state index contributed by atoms with van der Waals surface area (Å²) in [6, 6.07) is 4.94. The predicted molar refractivity (Wildman–Crippen MR) is 81.9 cm³/mol. The van der Waals surface area contributed by atoms with Gasteiger partial charge in [-0.2, -0.15) is 0 Å². The molecule has 1 saturated carbocycles. The van der Waals surface area contributed by atoms with E-state index in [1.54, 1.807) is 6.07 Å². The summed E-state index contributed by atoms with van der Waals surface area (Å²) in [4.78, 5) is 0.0449. The van der Waals surface area contributed by atoms with Crippen LogP contribution in [0.1, 0.15) is 39.5 Å². The normalized spacial score (nSPS) is 22.4. The number of rotatable bonds is 3. The summed E-state index contributed by atoms with van der Waals surface area (Å²) in [5.41, 5.74) is 7.34. The number of hydrogen-bond donors (Lipinski definition) is 3. The van der Waals surface area contributed by atoms with Crippen molar-refractivity contribution in [2.24, 2.45) is 10.6 Å². The Hall–Kier alpha value is -1.27. The van der Waals surface area contributed by atoms with Crippen LogP contribution in [0.3, 0.4) is 0 Å². The van der Waals surface area contributed by atoms with Gasteiger partial charge in [0.05, 0.1) is 16.3 Å². The van der Waals surface area contributed by atoms with Gasteiger partial charge in [-0.1, -0.05) is 26.7 Å². The molecule has 6 heteroatoms. The molecule has 1 aliphatic carbocycles. The Labute approximate surface area is 120 Å². The molecule has 1 aromatic carbocycles. The Balaban J connectivity index is 2.22. The fourth-order valence-electron chi connectivity index (χ4n) is 2.80. The molecule has 0 spiro atoms. The van der Waals surface area contributed by atoms with Gasteiger partial charge in [0.2, 0.25) is 10.0 Å². The van der Waals surface area contributed by atoms with Crippen molar-refractivity contribution in [3.63, 3.8) is 0 Å². The second-order valence-corrected chi connectivity index (χ2v) is 7.79. The lowest BCUT2D eigenvalue weighted by Gasteiger charge is -2.39. The Morgan fingerprint density at radius 2 is 2.00 bits per heavy atom. The molecule has 0 saturated heterocycles. The number of nitrogen functional groups attached to an aromatic ring is 1. The lowest BCUT2D eigenvalue weighted by molar-refractivity contribution is 0.217. The zero-order valence-corrected chi connectivity index (χ0v) is 12.8. The minimum Gasteiger partial charge on any atom is -0.397 e. The second-order valence-electron chi connectivity index (χ2n) is 6.23. The van der Waals surface area contributed by atoms with Crippen LogP contribution in [0.25, 0.3) is 0 Å². The summed E-state index contributed by atoms with van der Waals surface area (Å²) in [5.74, 6) is 0. The minimum atomic E-state index is -3.71. The van der Waals surface area contributed by atoms with Crippen molar-refractivity contribution in [1.29, 1.82) is 0 Å². The lowest BCUT2D eigenvalue weighted by Crippen LogP contribution is -2.39. The van der Waals surface area contributed by atoms with Gasteiger partial charge in [-0.3, -0.25) is 0 Å². The van der Waals surface area contributed by atoms with Gasteiger partial charge in [0, 0.05) is 6.04 Å². The molecule has 1 unspecified atom stereocenters. The molecule has 112 valence electrons. The highest BCUT2D eigenvalue weighted by molar-refractivity contribution is 7.89. The highest BCUT2D eigenvalue weighted by Gasteiger charge is 2.32. The van der Waals surface area contributed by atoms with Gasteiger partial charge in [0.1, 0.15) is 0 Å². The monoisotopic (exact) mass is 297 g/mol. The molecule has 0 aliphatic heterocycles. The van der Waals surface area contributed by atoms with Crippen molar-refractivity contribution >= 4 is 21.4 Å². The maximum absolute atomic E-state index is 11.3. The van der Waals surface area contributed by atoms with E-state index in [4.69, 9.17) is 10.9 Å². The zero-order chi connectivity index (χ0) is 15.0. The minimum absolute atomic E-state index is 0.0449.